The molecular weight excluding hydrogens is 310 g/mol. The number of rotatable bonds is 8. The first-order chi connectivity index (χ1) is 11.4. The number of aliphatic hydroxyl groups excluding tert-OH is 1. The SMILES string of the molecule is CC(=O)CCc1ccc(OC[C@H](O)CN2C(=O)C[C@H](C)C2=O)cc1. The van der Waals surface area contributed by atoms with Gasteiger partial charge in [-0.05, 0) is 31.0 Å². The summed E-state index contributed by atoms with van der Waals surface area (Å²) in [7, 11) is 0. The molecule has 2 atom stereocenters. The molecule has 0 radical (unpaired) electrons. The Kier molecular flexibility index (Phi) is 6.09. The Morgan fingerprint density at radius 3 is 2.54 bits per heavy atom. The van der Waals surface area contributed by atoms with Crippen LogP contribution < -0.4 is 4.74 Å². The van der Waals surface area contributed by atoms with E-state index in [0.29, 0.717) is 18.6 Å². The van der Waals surface area contributed by atoms with Crippen LogP contribution in [0.15, 0.2) is 24.3 Å². The van der Waals surface area contributed by atoms with Crippen LogP contribution in [0.1, 0.15) is 32.3 Å². The van der Waals surface area contributed by atoms with E-state index < -0.39 is 6.10 Å². The van der Waals surface area contributed by atoms with Crippen LogP contribution >= 0.6 is 0 Å². The minimum absolute atomic E-state index is 0.00175. The number of likely N-dealkylation sites (tertiary alicyclic amines) is 1. The van der Waals surface area contributed by atoms with Crippen molar-refractivity contribution >= 4 is 17.6 Å². The van der Waals surface area contributed by atoms with E-state index in [9.17, 15) is 19.5 Å². The molecule has 6 nitrogen and oxygen atoms in total. The van der Waals surface area contributed by atoms with Crippen LogP contribution in [0.3, 0.4) is 0 Å². The standard InChI is InChI=1S/C18H23NO5/c1-12-9-17(22)19(18(12)23)10-15(21)11-24-16-7-5-14(6-8-16)4-3-13(2)20/h5-8,12,15,21H,3-4,9-11H2,1-2H3/t12-,15+/m0/s1. The van der Waals surface area contributed by atoms with Gasteiger partial charge in [-0.25, -0.2) is 0 Å². The lowest BCUT2D eigenvalue weighted by Gasteiger charge is -2.19. The van der Waals surface area contributed by atoms with Crippen LogP contribution in [-0.4, -0.2) is 46.9 Å². The Bertz CT molecular complexity index is 610. The number of hydrogen-bond acceptors (Lipinski definition) is 5. The van der Waals surface area contributed by atoms with Gasteiger partial charge in [-0.3, -0.25) is 14.5 Å². The van der Waals surface area contributed by atoms with E-state index in [-0.39, 0.29) is 43.1 Å². The second-order valence-electron chi connectivity index (χ2n) is 6.26. The monoisotopic (exact) mass is 333 g/mol. The van der Waals surface area contributed by atoms with Crippen molar-refractivity contribution in [1.29, 1.82) is 0 Å². The second-order valence-corrected chi connectivity index (χ2v) is 6.26. The van der Waals surface area contributed by atoms with Gasteiger partial charge in [0.2, 0.25) is 11.8 Å². The third kappa shape index (κ3) is 4.89. The molecule has 1 aliphatic heterocycles. The van der Waals surface area contributed by atoms with Gasteiger partial charge in [-0.1, -0.05) is 19.1 Å². The van der Waals surface area contributed by atoms with Crippen molar-refractivity contribution in [2.45, 2.75) is 39.2 Å². The molecule has 1 N–H and O–H groups in total. The van der Waals surface area contributed by atoms with Crippen molar-refractivity contribution < 1.29 is 24.2 Å². The molecule has 0 saturated carbocycles. The summed E-state index contributed by atoms with van der Waals surface area (Å²) in [4.78, 5) is 35.5. The predicted octanol–water partition coefficient (Wildman–Crippen LogP) is 1.34. The van der Waals surface area contributed by atoms with E-state index in [1.165, 1.54) is 0 Å². The average molecular weight is 333 g/mol. The maximum Gasteiger partial charge on any atom is 0.232 e. The topological polar surface area (TPSA) is 83.9 Å². The van der Waals surface area contributed by atoms with Crippen molar-refractivity contribution in [2.24, 2.45) is 5.92 Å². The van der Waals surface area contributed by atoms with E-state index in [1.807, 2.05) is 12.1 Å². The Balaban J connectivity index is 1.79. The summed E-state index contributed by atoms with van der Waals surface area (Å²) < 4.78 is 5.49. The fourth-order valence-corrected chi connectivity index (χ4v) is 2.57. The summed E-state index contributed by atoms with van der Waals surface area (Å²) in [6.07, 6.45) is 0.472. The lowest BCUT2D eigenvalue weighted by atomic mass is 10.1. The molecule has 6 heteroatoms. The quantitative estimate of drug-likeness (QED) is 0.726. The van der Waals surface area contributed by atoms with E-state index >= 15 is 0 Å². The highest BCUT2D eigenvalue weighted by atomic mass is 16.5. The largest absolute Gasteiger partial charge is 0.491 e. The van der Waals surface area contributed by atoms with Gasteiger partial charge in [-0.2, -0.15) is 0 Å². The summed E-state index contributed by atoms with van der Waals surface area (Å²) in [5.41, 5.74) is 1.04. The number of amides is 2. The van der Waals surface area contributed by atoms with Gasteiger partial charge in [-0.15, -0.1) is 0 Å². The van der Waals surface area contributed by atoms with Crippen molar-refractivity contribution in [1.82, 2.24) is 4.90 Å². The smallest absolute Gasteiger partial charge is 0.232 e. The molecule has 1 saturated heterocycles. The zero-order chi connectivity index (χ0) is 17.7. The average Bonchev–Trinajstić information content (AvgIpc) is 2.78. The second kappa shape index (κ2) is 8.06. The first kappa shape index (κ1) is 18.1. The zero-order valence-electron chi connectivity index (χ0n) is 14.0. The van der Waals surface area contributed by atoms with Gasteiger partial charge in [0, 0.05) is 18.8 Å². The van der Waals surface area contributed by atoms with Crippen molar-refractivity contribution in [3.05, 3.63) is 29.8 Å². The fourth-order valence-electron chi connectivity index (χ4n) is 2.57. The molecule has 0 spiro atoms. The first-order valence-electron chi connectivity index (χ1n) is 8.10. The third-order valence-electron chi connectivity index (χ3n) is 3.99. The fraction of sp³-hybridized carbons (Fsp3) is 0.500. The molecule has 0 aromatic heterocycles. The molecule has 0 bridgehead atoms. The number of ether oxygens (including phenoxy) is 1. The number of nitrogens with zero attached hydrogens (tertiary/aromatic N) is 1. The molecule has 1 fully saturated rings. The van der Waals surface area contributed by atoms with E-state index in [0.717, 1.165) is 10.5 Å². The van der Waals surface area contributed by atoms with Crippen molar-refractivity contribution in [3.63, 3.8) is 0 Å². The number of aliphatic hydroxyl groups is 1. The molecule has 0 aliphatic carbocycles. The van der Waals surface area contributed by atoms with Crippen LogP contribution in [0.5, 0.6) is 5.75 Å². The molecular formula is C18H23NO5. The van der Waals surface area contributed by atoms with E-state index in [4.69, 9.17) is 4.74 Å². The van der Waals surface area contributed by atoms with Crippen LogP contribution in [-0.2, 0) is 20.8 Å². The Morgan fingerprint density at radius 1 is 1.33 bits per heavy atom. The molecule has 0 unspecified atom stereocenters. The summed E-state index contributed by atoms with van der Waals surface area (Å²) in [5, 5.41) is 9.98. The van der Waals surface area contributed by atoms with Crippen LogP contribution in [0.25, 0.3) is 0 Å². The summed E-state index contributed by atoms with van der Waals surface area (Å²) >= 11 is 0. The van der Waals surface area contributed by atoms with Crippen molar-refractivity contribution in [3.8, 4) is 5.75 Å². The molecule has 2 amide bonds. The number of imide groups is 1. The van der Waals surface area contributed by atoms with Gasteiger partial charge in [0.25, 0.3) is 0 Å². The Hall–Kier alpha value is -2.21. The number of hydrogen-bond donors (Lipinski definition) is 1. The van der Waals surface area contributed by atoms with Crippen LogP contribution in [0.4, 0.5) is 0 Å². The number of aryl methyl sites for hydroxylation is 1. The van der Waals surface area contributed by atoms with Gasteiger partial charge >= 0.3 is 0 Å². The predicted molar refractivity (Wildman–Crippen MR) is 87.4 cm³/mol. The van der Waals surface area contributed by atoms with Gasteiger partial charge in [0.05, 0.1) is 6.54 Å². The molecule has 1 aliphatic rings. The molecule has 24 heavy (non-hydrogen) atoms. The van der Waals surface area contributed by atoms with Gasteiger partial charge < -0.3 is 14.6 Å². The van der Waals surface area contributed by atoms with Gasteiger partial charge in [0.1, 0.15) is 24.2 Å². The van der Waals surface area contributed by atoms with E-state index in [2.05, 4.69) is 0 Å². The highest BCUT2D eigenvalue weighted by Gasteiger charge is 2.36. The number of ketones is 1. The minimum atomic E-state index is -0.930. The molecule has 1 aromatic carbocycles. The lowest BCUT2D eigenvalue weighted by molar-refractivity contribution is -0.141. The number of carbonyl (C=O) groups excluding carboxylic acids is 3. The molecule has 1 heterocycles. The van der Waals surface area contributed by atoms with E-state index in [1.54, 1.807) is 26.0 Å². The molecule has 2 rings (SSSR count). The summed E-state index contributed by atoms with van der Waals surface area (Å²) in [6.45, 7) is 3.23. The van der Waals surface area contributed by atoms with Gasteiger partial charge in [0.15, 0.2) is 0 Å². The Labute approximate surface area is 141 Å². The number of Topliss-reactive ketones (excluding diaryl/α,β-unsaturated/α-hetero) is 1. The number of benzene rings is 1. The number of β-amino-alcohol motifs (C(OH)–C–C–N with tert-alkyl or cyclic N) is 1. The minimum Gasteiger partial charge on any atom is -0.491 e. The highest BCUT2D eigenvalue weighted by molar-refractivity contribution is 6.03. The third-order valence-corrected chi connectivity index (χ3v) is 3.99. The van der Waals surface area contributed by atoms with Crippen LogP contribution in [0.2, 0.25) is 0 Å². The number of carbonyl (C=O) groups is 3. The maximum absolute atomic E-state index is 11.8. The first-order valence-corrected chi connectivity index (χ1v) is 8.10. The van der Waals surface area contributed by atoms with Crippen molar-refractivity contribution in [2.75, 3.05) is 13.2 Å². The maximum atomic E-state index is 11.8. The zero-order valence-corrected chi connectivity index (χ0v) is 14.0. The molecule has 130 valence electrons. The Morgan fingerprint density at radius 2 is 2.00 bits per heavy atom. The lowest BCUT2D eigenvalue weighted by Crippen LogP contribution is -2.39. The highest BCUT2D eigenvalue weighted by Crippen LogP contribution is 2.19. The molecule has 1 aromatic rings. The summed E-state index contributed by atoms with van der Waals surface area (Å²) in [5.74, 6) is -0.0599. The van der Waals surface area contributed by atoms with Crippen LogP contribution in [0, 0.1) is 5.92 Å². The normalized spacial score (nSPS) is 18.8. The summed E-state index contributed by atoms with van der Waals surface area (Å²) in [6, 6.07) is 7.30.